The van der Waals surface area contributed by atoms with Gasteiger partial charge in [-0.15, -0.1) is 0 Å². The Morgan fingerprint density at radius 3 is 2.68 bits per heavy atom. The van der Waals surface area contributed by atoms with Crippen molar-refractivity contribution >= 4 is 40.2 Å². The number of anilines is 1. The van der Waals surface area contributed by atoms with Crippen molar-refractivity contribution in [1.29, 1.82) is 0 Å². The van der Waals surface area contributed by atoms with Crippen LogP contribution in [-0.4, -0.2) is 17.0 Å². The van der Waals surface area contributed by atoms with Crippen LogP contribution in [0.1, 0.15) is 34.4 Å². The summed E-state index contributed by atoms with van der Waals surface area (Å²) in [5.74, 6) is -1.20. The Labute approximate surface area is 178 Å². The first-order valence-electron chi connectivity index (χ1n) is 9.92. The van der Waals surface area contributed by atoms with E-state index in [-0.39, 0.29) is 5.43 Å². The van der Waals surface area contributed by atoms with Crippen LogP contribution in [0.4, 0.5) is 5.69 Å². The molecule has 2 aromatic carbocycles. The molecule has 6 nitrogen and oxygen atoms in total. The van der Waals surface area contributed by atoms with Gasteiger partial charge in [-0.1, -0.05) is 18.2 Å². The molecule has 156 valence electrons. The van der Waals surface area contributed by atoms with Crippen LogP contribution in [0.2, 0.25) is 0 Å². The van der Waals surface area contributed by atoms with Crippen molar-refractivity contribution < 1.29 is 19.1 Å². The molecule has 1 aliphatic rings. The number of aryl methyl sites for hydroxylation is 1. The van der Waals surface area contributed by atoms with Gasteiger partial charge in [0, 0.05) is 29.5 Å². The van der Waals surface area contributed by atoms with Crippen molar-refractivity contribution in [2.75, 3.05) is 5.32 Å². The Morgan fingerprint density at radius 1 is 1.10 bits per heavy atom. The zero-order valence-electron chi connectivity index (χ0n) is 17.2. The predicted octanol–water partition coefficient (Wildman–Crippen LogP) is 4.48. The third-order valence-corrected chi connectivity index (χ3v) is 5.54. The molecule has 1 amide bonds. The van der Waals surface area contributed by atoms with Crippen LogP contribution in [0.25, 0.3) is 22.6 Å². The number of carbonyl (C=O) groups is 2. The molecule has 0 saturated heterocycles. The second kappa shape index (κ2) is 8.07. The van der Waals surface area contributed by atoms with Crippen molar-refractivity contribution in [2.45, 2.75) is 26.7 Å². The van der Waals surface area contributed by atoms with E-state index in [4.69, 9.17) is 9.52 Å². The minimum absolute atomic E-state index is 0.0655. The van der Waals surface area contributed by atoms with Crippen LogP contribution in [0, 0.1) is 13.8 Å². The first-order chi connectivity index (χ1) is 14.8. The molecule has 6 heteroatoms. The Hall–Kier alpha value is -3.93. The van der Waals surface area contributed by atoms with Gasteiger partial charge < -0.3 is 14.8 Å². The molecule has 4 rings (SSSR count). The Morgan fingerprint density at radius 2 is 1.90 bits per heavy atom. The van der Waals surface area contributed by atoms with E-state index in [1.165, 1.54) is 11.1 Å². The molecule has 0 aliphatic heterocycles. The number of benzene rings is 2. The summed E-state index contributed by atoms with van der Waals surface area (Å²) in [6.45, 7) is 4.14. The number of carboxylic acid groups (broad SMARTS) is 1. The molecule has 1 aromatic heterocycles. The average molecular weight is 415 g/mol. The van der Waals surface area contributed by atoms with Crippen molar-refractivity contribution in [3.63, 3.8) is 0 Å². The summed E-state index contributed by atoms with van der Waals surface area (Å²) >= 11 is 0. The van der Waals surface area contributed by atoms with Gasteiger partial charge in [-0.3, -0.25) is 9.59 Å². The van der Waals surface area contributed by atoms with Gasteiger partial charge in [0.05, 0.1) is 5.39 Å². The van der Waals surface area contributed by atoms with E-state index in [1.54, 1.807) is 18.2 Å². The van der Waals surface area contributed by atoms with E-state index in [9.17, 15) is 14.4 Å². The Balaban J connectivity index is 1.74. The number of carboxylic acids is 1. The molecule has 0 saturated carbocycles. The van der Waals surface area contributed by atoms with E-state index in [0.717, 1.165) is 29.7 Å². The van der Waals surface area contributed by atoms with Gasteiger partial charge in [-0.25, -0.2) is 4.79 Å². The fourth-order valence-electron chi connectivity index (χ4n) is 3.76. The summed E-state index contributed by atoms with van der Waals surface area (Å²) in [4.78, 5) is 35.4. The van der Waals surface area contributed by atoms with E-state index in [0.29, 0.717) is 34.4 Å². The summed E-state index contributed by atoms with van der Waals surface area (Å²) in [6, 6.07) is 10.9. The lowest BCUT2D eigenvalue weighted by molar-refractivity contribution is -0.131. The van der Waals surface area contributed by atoms with Crippen LogP contribution in [0.5, 0.6) is 0 Å². The highest BCUT2D eigenvalue weighted by Gasteiger charge is 2.24. The number of rotatable bonds is 4. The van der Waals surface area contributed by atoms with Crippen LogP contribution >= 0.6 is 0 Å². The van der Waals surface area contributed by atoms with Crippen molar-refractivity contribution in [2.24, 2.45) is 0 Å². The summed E-state index contributed by atoms with van der Waals surface area (Å²) in [5.41, 5.74) is 5.84. The van der Waals surface area contributed by atoms with Crippen LogP contribution in [0.15, 0.2) is 57.8 Å². The fraction of sp³-hybridized carbons (Fsp3) is 0.160. The largest absolute Gasteiger partial charge is 0.478 e. The van der Waals surface area contributed by atoms with Gasteiger partial charge in [-0.05, 0) is 67.2 Å². The molecule has 1 heterocycles. The van der Waals surface area contributed by atoms with Crippen LogP contribution in [0.3, 0.4) is 0 Å². The molecule has 0 unspecified atom stereocenters. The minimum Gasteiger partial charge on any atom is -0.478 e. The van der Waals surface area contributed by atoms with Crippen LogP contribution in [-0.2, 0) is 16.0 Å². The number of hydrogen-bond donors (Lipinski definition) is 2. The number of fused-ring (bicyclic) bond motifs is 2. The molecule has 0 radical (unpaired) electrons. The highest BCUT2D eigenvalue weighted by Crippen LogP contribution is 2.35. The minimum atomic E-state index is -1.21. The van der Waals surface area contributed by atoms with E-state index in [1.807, 2.05) is 12.1 Å². The number of allylic oxidation sites excluding steroid dienone is 1. The van der Waals surface area contributed by atoms with Crippen LogP contribution < -0.4 is 10.7 Å². The number of carbonyl (C=O) groups excluding carboxylic acids is 1. The monoisotopic (exact) mass is 415 g/mol. The van der Waals surface area contributed by atoms with Gasteiger partial charge in [0.25, 0.3) is 0 Å². The SMILES string of the molecule is Cc1cccc(C=C2CCc3c2oc2cc(NC(=O)/C=C/C(=O)O)ccc2c3=O)c1C. The highest BCUT2D eigenvalue weighted by atomic mass is 16.4. The third-order valence-electron chi connectivity index (χ3n) is 5.54. The maximum absolute atomic E-state index is 13.0. The lowest BCUT2D eigenvalue weighted by Gasteiger charge is -2.08. The van der Waals surface area contributed by atoms with Crippen molar-refractivity contribution in [1.82, 2.24) is 0 Å². The Bertz CT molecular complexity index is 1340. The zero-order valence-corrected chi connectivity index (χ0v) is 17.2. The predicted molar refractivity (Wildman–Crippen MR) is 120 cm³/mol. The number of aliphatic carboxylic acids is 1. The van der Waals surface area contributed by atoms with Crippen molar-refractivity contribution in [3.8, 4) is 0 Å². The molecular weight excluding hydrogens is 394 g/mol. The molecule has 0 fully saturated rings. The molecule has 2 N–H and O–H groups in total. The second-order valence-corrected chi connectivity index (χ2v) is 7.57. The molecular formula is C25H21NO5. The first-order valence-corrected chi connectivity index (χ1v) is 9.92. The topological polar surface area (TPSA) is 96.6 Å². The zero-order chi connectivity index (χ0) is 22.1. The fourth-order valence-corrected chi connectivity index (χ4v) is 3.76. The Kier molecular flexibility index (Phi) is 5.29. The lowest BCUT2D eigenvalue weighted by atomic mass is 10.0. The molecule has 31 heavy (non-hydrogen) atoms. The summed E-state index contributed by atoms with van der Waals surface area (Å²) in [7, 11) is 0. The standard InChI is InChI=1S/C25H21NO5/c1-14-4-3-5-16(15(14)2)12-17-6-8-20-24(30)19-9-7-18(13-21(19)31-25(17)20)26-22(27)10-11-23(28)29/h3-5,7,9-13H,6,8H2,1-2H3,(H,26,27)(H,28,29)/b11-10+,17-12?. The number of nitrogens with one attached hydrogen (secondary N) is 1. The van der Waals surface area contributed by atoms with E-state index >= 15 is 0 Å². The normalized spacial score (nSPS) is 14.3. The third kappa shape index (κ3) is 4.05. The first kappa shape index (κ1) is 20.3. The average Bonchev–Trinajstić information content (AvgIpc) is 3.13. The van der Waals surface area contributed by atoms with Gasteiger partial charge >= 0.3 is 5.97 Å². The molecule has 1 aliphatic carbocycles. The molecule has 0 atom stereocenters. The molecule has 0 spiro atoms. The van der Waals surface area contributed by atoms with E-state index in [2.05, 4.69) is 31.3 Å². The summed E-state index contributed by atoms with van der Waals surface area (Å²) < 4.78 is 6.13. The smallest absolute Gasteiger partial charge is 0.328 e. The second-order valence-electron chi connectivity index (χ2n) is 7.57. The highest BCUT2D eigenvalue weighted by molar-refractivity contribution is 6.03. The quantitative estimate of drug-likeness (QED) is 0.613. The number of amides is 1. The molecule has 3 aromatic rings. The maximum atomic E-state index is 13.0. The van der Waals surface area contributed by atoms with Gasteiger partial charge in [-0.2, -0.15) is 0 Å². The molecule has 0 bridgehead atoms. The maximum Gasteiger partial charge on any atom is 0.328 e. The number of hydrogen-bond acceptors (Lipinski definition) is 4. The van der Waals surface area contributed by atoms with Gasteiger partial charge in [0.2, 0.25) is 5.91 Å². The van der Waals surface area contributed by atoms with Crippen molar-refractivity contribution in [3.05, 3.63) is 86.8 Å². The lowest BCUT2D eigenvalue weighted by Crippen LogP contribution is -2.11. The van der Waals surface area contributed by atoms with Gasteiger partial charge in [0.1, 0.15) is 11.3 Å². The summed E-state index contributed by atoms with van der Waals surface area (Å²) in [5, 5.41) is 11.7. The van der Waals surface area contributed by atoms with Gasteiger partial charge in [0.15, 0.2) is 5.43 Å². The summed E-state index contributed by atoms with van der Waals surface area (Å²) in [6.07, 6.45) is 5.11. The van der Waals surface area contributed by atoms with E-state index < -0.39 is 11.9 Å².